The molecule has 3 heterocycles. The van der Waals surface area contributed by atoms with Crippen molar-refractivity contribution in [3.8, 4) is 0 Å². The Kier molecular flexibility index (Phi) is 3.42. The molecule has 8 heteroatoms. The smallest absolute Gasteiger partial charge is 0.226 e. The van der Waals surface area contributed by atoms with E-state index in [9.17, 15) is 0 Å². The molecule has 0 atom stereocenters. The number of hydrogen-bond donors (Lipinski definition) is 1. The predicted molar refractivity (Wildman–Crippen MR) is 80.8 cm³/mol. The second-order valence-corrected chi connectivity index (χ2v) is 6.66. The average Bonchev–Trinajstić information content (AvgIpc) is 2.96. The van der Waals surface area contributed by atoms with E-state index < -0.39 is 0 Å². The van der Waals surface area contributed by atoms with Gasteiger partial charge in [-0.2, -0.15) is 9.97 Å². The minimum atomic E-state index is 0.202. The maximum absolute atomic E-state index is 5.92. The third-order valence-corrected chi connectivity index (χ3v) is 4.36. The van der Waals surface area contributed by atoms with E-state index in [0.29, 0.717) is 5.65 Å². The lowest BCUT2D eigenvalue weighted by Crippen LogP contribution is -2.18. The lowest BCUT2D eigenvalue weighted by atomic mass is 10.3. The van der Waals surface area contributed by atoms with Crippen LogP contribution in [0.2, 0.25) is 5.28 Å². The Labute approximate surface area is 126 Å². The zero-order chi connectivity index (χ0) is 13.4. The molecule has 0 unspecified atom stereocenters. The number of imidazole rings is 1. The number of H-pyrrole nitrogens is 1. The fourth-order valence-corrected chi connectivity index (χ4v) is 3.21. The third kappa shape index (κ3) is 2.58. The molecule has 3 rings (SSSR count). The molecule has 0 aliphatic carbocycles. The van der Waals surface area contributed by atoms with E-state index in [2.05, 4.69) is 47.3 Å². The number of halogens is 2. The fourth-order valence-electron chi connectivity index (χ4n) is 1.85. The molecule has 98 valence electrons. The third-order valence-electron chi connectivity index (χ3n) is 2.64. The molecular formula is C11H9BrClN5S. The monoisotopic (exact) mass is 357 g/mol. The number of anilines is 1. The standard InChI is InChI=1S/C11H9BrClN5S/c1-18(3-6-2-7(12)19-4-6)10-8-9(15-5-14-8)16-11(13)17-10/h2,4-5H,3H2,1H3,(H,14,15,16,17). The minimum Gasteiger partial charge on any atom is -0.353 e. The van der Waals surface area contributed by atoms with Gasteiger partial charge in [-0.15, -0.1) is 11.3 Å². The molecule has 0 aromatic carbocycles. The van der Waals surface area contributed by atoms with E-state index >= 15 is 0 Å². The van der Waals surface area contributed by atoms with Gasteiger partial charge in [0.2, 0.25) is 5.28 Å². The summed E-state index contributed by atoms with van der Waals surface area (Å²) in [6, 6.07) is 2.09. The van der Waals surface area contributed by atoms with Crippen molar-refractivity contribution in [1.29, 1.82) is 0 Å². The summed E-state index contributed by atoms with van der Waals surface area (Å²) < 4.78 is 1.11. The van der Waals surface area contributed by atoms with Crippen LogP contribution in [0, 0.1) is 0 Å². The quantitative estimate of drug-likeness (QED) is 0.728. The van der Waals surface area contributed by atoms with Gasteiger partial charge in [-0.3, -0.25) is 0 Å². The summed E-state index contributed by atoms with van der Waals surface area (Å²) in [5.41, 5.74) is 2.58. The van der Waals surface area contributed by atoms with Crippen molar-refractivity contribution in [2.45, 2.75) is 6.54 Å². The van der Waals surface area contributed by atoms with Crippen molar-refractivity contribution in [3.05, 3.63) is 32.4 Å². The molecule has 0 aliphatic rings. The molecule has 5 nitrogen and oxygen atoms in total. The number of aromatic nitrogens is 4. The average molecular weight is 359 g/mol. The van der Waals surface area contributed by atoms with Crippen LogP contribution in [-0.2, 0) is 6.54 Å². The van der Waals surface area contributed by atoms with Crippen molar-refractivity contribution < 1.29 is 0 Å². The maximum atomic E-state index is 5.92. The van der Waals surface area contributed by atoms with Gasteiger partial charge in [-0.1, -0.05) is 0 Å². The van der Waals surface area contributed by atoms with Crippen molar-refractivity contribution >= 4 is 55.8 Å². The van der Waals surface area contributed by atoms with Crippen LogP contribution < -0.4 is 4.90 Å². The van der Waals surface area contributed by atoms with E-state index in [-0.39, 0.29) is 5.28 Å². The molecule has 0 aliphatic heterocycles. The highest BCUT2D eigenvalue weighted by Crippen LogP contribution is 2.26. The Hall–Kier alpha value is -1.18. The first kappa shape index (κ1) is 12.8. The van der Waals surface area contributed by atoms with Crippen molar-refractivity contribution in [2.24, 2.45) is 0 Å². The van der Waals surface area contributed by atoms with E-state index in [1.54, 1.807) is 17.7 Å². The largest absolute Gasteiger partial charge is 0.353 e. The molecule has 0 bridgehead atoms. The van der Waals surface area contributed by atoms with E-state index in [1.165, 1.54) is 5.56 Å². The Morgan fingerprint density at radius 3 is 3.05 bits per heavy atom. The van der Waals surface area contributed by atoms with Gasteiger partial charge in [0.25, 0.3) is 0 Å². The van der Waals surface area contributed by atoms with Crippen LogP contribution in [0.4, 0.5) is 5.82 Å². The molecule has 0 spiro atoms. The van der Waals surface area contributed by atoms with Gasteiger partial charge in [0.05, 0.1) is 10.1 Å². The van der Waals surface area contributed by atoms with Crippen LogP contribution in [0.5, 0.6) is 0 Å². The highest BCUT2D eigenvalue weighted by molar-refractivity contribution is 9.11. The number of nitrogens with one attached hydrogen (secondary N) is 1. The van der Waals surface area contributed by atoms with Gasteiger partial charge in [0.1, 0.15) is 5.52 Å². The van der Waals surface area contributed by atoms with Crippen LogP contribution in [0.25, 0.3) is 11.2 Å². The lowest BCUT2D eigenvalue weighted by molar-refractivity contribution is 0.901. The summed E-state index contributed by atoms with van der Waals surface area (Å²) in [5, 5.41) is 2.31. The Morgan fingerprint density at radius 2 is 2.32 bits per heavy atom. The Morgan fingerprint density at radius 1 is 1.47 bits per heavy atom. The first-order chi connectivity index (χ1) is 9.13. The van der Waals surface area contributed by atoms with Crippen LogP contribution in [0.1, 0.15) is 5.56 Å². The molecule has 1 N–H and O–H groups in total. The summed E-state index contributed by atoms with van der Waals surface area (Å²) in [6.07, 6.45) is 1.59. The summed E-state index contributed by atoms with van der Waals surface area (Å²) in [4.78, 5) is 17.5. The minimum absolute atomic E-state index is 0.202. The van der Waals surface area contributed by atoms with E-state index in [4.69, 9.17) is 11.6 Å². The summed E-state index contributed by atoms with van der Waals surface area (Å²) >= 11 is 11.0. The molecule has 3 aromatic heterocycles. The number of aromatic amines is 1. The molecule has 0 amide bonds. The summed E-state index contributed by atoms with van der Waals surface area (Å²) in [6.45, 7) is 0.740. The first-order valence-corrected chi connectivity index (χ1v) is 7.49. The van der Waals surface area contributed by atoms with Gasteiger partial charge < -0.3 is 9.88 Å². The maximum Gasteiger partial charge on any atom is 0.226 e. The van der Waals surface area contributed by atoms with Crippen LogP contribution in [0.15, 0.2) is 21.6 Å². The topological polar surface area (TPSA) is 57.7 Å². The number of thiophene rings is 1. The molecule has 0 radical (unpaired) electrons. The summed E-state index contributed by atoms with van der Waals surface area (Å²) in [7, 11) is 1.96. The van der Waals surface area contributed by atoms with Crippen molar-refractivity contribution in [2.75, 3.05) is 11.9 Å². The number of rotatable bonds is 3. The second-order valence-electron chi connectivity index (χ2n) is 4.03. The predicted octanol–water partition coefficient (Wildman–Crippen LogP) is 3.47. The molecule has 0 saturated heterocycles. The van der Waals surface area contributed by atoms with Gasteiger partial charge in [-0.05, 0) is 44.5 Å². The molecular weight excluding hydrogens is 350 g/mol. The van der Waals surface area contributed by atoms with E-state index in [0.717, 1.165) is 21.7 Å². The van der Waals surface area contributed by atoms with E-state index in [1.807, 2.05) is 11.9 Å². The van der Waals surface area contributed by atoms with Gasteiger partial charge >= 0.3 is 0 Å². The highest BCUT2D eigenvalue weighted by atomic mass is 79.9. The van der Waals surface area contributed by atoms with Crippen LogP contribution >= 0.6 is 38.9 Å². The highest BCUT2D eigenvalue weighted by Gasteiger charge is 2.13. The van der Waals surface area contributed by atoms with Crippen molar-refractivity contribution in [3.63, 3.8) is 0 Å². The van der Waals surface area contributed by atoms with Crippen LogP contribution in [0.3, 0.4) is 0 Å². The zero-order valence-corrected chi connectivity index (χ0v) is 13.1. The molecule has 0 fully saturated rings. The van der Waals surface area contributed by atoms with Crippen molar-refractivity contribution in [1.82, 2.24) is 19.9 Å². The zero-order valence-electron chi connectivity index (χ0n) is 9.89. The van der Waals surface area contributed by atoms with Crippen LogP contribution in [-0.4, -0.2) is 27.0 Å². The normalized spacial score (nSPS) is 11.1. The summed E-state index contributed by atoms with van der Waals surface area (Å²) in [5.74, 6) is 0.745. The lowest BCUT2D eigenvalue weighted by Gasteiger charge is -2.17. The molecule has 0 saturated carbocycles. The molecule has 19 heavy (non-hydrogen) atoms. The second kappa shape index (κ2) is 5.07. The molecule has 3 aromatic rings. The Balaban J connectivity index is 1.96. The Bertz CT molecular complexity index is 725. The van der Waals surface area contributed by atoms with Gasteiger partial charge in [0.15, 0.2) is 11.5 Å². The number of hydrogen-bond acceptors (Lipinski definition) is 5. The first-order valence-electron chi connectivity index (χ1n) is 5.44. The SMILES string of the molecule is CN(Cc1csc(Br)c1)c1nc(Cl)nc2nc[nH]c12. The number of fused-ring (bicyclic) bond motifs is 1. The fraction of sp³-hybridized carbons (Fsp3) is 0.182. The number of nitrogens with zero attached hydrogens (tertiary/aromatic N) is 4. The van der Waals surface area contributed by atoms with Gasteiger partial charge in [0, 0.05) is 13.6 Å². The van der Waals surface area contributed by atoms with Gasteiger partial charge in [-0.25, -0.2) is 4.98 Å².